The van der Waals surface area contributed by atoms with Gasteiger partial charge < -0.3 is 10.0 Å². The van der Waals surface area contributed by atoms with E-state index < -0.39 is 0 Å². The van der Waals surface area contributed by atoms with E-state index >= 15 is 0 Å². The summed E-state index contributed by atoms with van der Waals surface area (Å²) in [5, 5.41) is 10.9. The summed E-state index contributed by atoms with van der Waals surface area (Å²) in [5.74, 6) is 1.72. The van der Waals surface area contributed by atoms with Crippen LogP contribution in [0.3, 0.4) is 0 Å². The van der Waals surface area contributed by atoms with Gasteiger partial charge in [-0.05, 0) is 18.6 Å². The predicted molar refractivity (Wildman–Crippen MR) is 93.7 cm³/mol. The molecule has 5 heteroatoms. The van der Waals surface area contributed by atoms with Crippen molar-refractivity contribution < 1.29 is 5.11 Å². The number of pyridine rings is 1. The van der Waals surface area contributed by atoms with Crippen LogP contribution in [0.1, 0.15) is 35.1 Å². The number of hydrogen-bond donors (Lipinski definition) is 1. The van der Waals surface area contributed by atoms with Gasteiger partial charge in [0.05, 0.1) is 24.4 Å². The molecule has 0 spiro atoms. The fraction of sp³-hybridized carbons (Fsp3) is 0.316. The maximum Gasteiger partial charge on any atom is 0.135 e. The second kappa shape index (κ2) is 5.83. The maximum atomic E-state index is 9.81. The zero-order chi connectivity index (χ0) is 16.7. The van der Waals surface area contributed by atoms with E-state index in [9.17, 15) is 5.11 Å². The molecule has 3 heterocycles. The van der Waals surface area contributed by atoms with E-state index in [2.05, 4.69) is 34.8 Å². The van der Waals surface area contributed by atoms with Gasteiger partial charge in [0.2, 0.25) is 0 Å². The number of fused-ring (bicyclic) bond motifs is 2. The molecule has 0 saturated heterocycles. The van der Waals surface area contributed by atoms with Gasteiger partial charge in [-0.25, -0.2) is 15.0 Å². The minimum absolute atomic E-state index is 0.0229. The third kappa shape index (κ3) is 2.41. The second-order valence-electron chi connectivity index (χ2n) is 6.24. The number of nitrogens with zero attached hydrogens (tertiary/aromatic N) is 4. The number of aryl methyl sites for hydroxylation is 2. The lowest BCUT2D eigenvalue weighted by Crippen LogP contribution is -2.18. The lowest BCUT2D eigenvalue weighted by molar-refractivity contribution is 0.282. The lowest BCUT2D eigenvalue weighted by atomic mass is 10.1. The zero-order valence-corrected chi connectivity index (χ0v) is 14.0. The summed E-state index contributed by atoms with van der Waals surface area (Å²) in [6.45, 7) is 5.55. The van der Waals surface area contributed by atoms with E-state index in [0.717, 1.165) is 57.9 Å². The molecule has 0 amide bonds. The van der Waals surface area contributed by atoms with Gasteiger partial charge in [-0.3, -0.25) is 0 Å². The van der Waals surface area contributed by atoms with Gasteiger partial charge >= 0.3 is 0 Å². The SMILES string of the molecule is CCc1ncc2c(n1)CN(c1nc3c(C)cccc3cc1CO)C2. The second-order valence-corrected chi connectivity index (χ2v) is 6.24. The van der Waals surface area contributed by atoms with Crippen molar-refractivity contribution in [3.05, 3.63) is 58.7 Å². The lowest BCUT2D eigenvalue weighted by Gasteiger charge is -2.20. The Kier molecular flexibility index (Phi) is 3.65. The number of benzene rings is 1. The minimum atomic E-state index is -0.0229. The fourth-order valence-electron chi connectivity index (χ4n) is 3.29. The third-order valence-corrected chi connectivity index (χ3v) is 4.60. The van der Waals surface area contributed by atoms with Gasteiger partial charge in [0.25, 0.3) is 0 Å². The minimum Gasteiger partial charge on any atom is -0.392 e. The molecule has 122 valence electrons. The molecule has 1 aliphatic rings. The smallest absolute Gasteiger partial charge is 0.135 e. The highest BCUT2D eigenvalue weighted by atomic mass is 16.3. The van der Waals surface area contributed by atoms with Crippen molar-refractivity contribution in [2.24, 2.45) is 0 Å². The van der Waals surface area contributed by atoms with Crippen molar-refractivity contribution in [2.45, 2.75) is 40.0 Å². The van der Waals surface area contributed by atoms with Crippen LogP contribution in [0.25, 0.3) is 10.9 Å². The summed E-state index contributed by atoms with van der Waals surface area (Å²) >= 11 is 0. The average molecular weight is 320 g/mol. The Hall–Kier alpha value is -2.53. The molecular weight excluding hydrogens is 300 g/mol. The van der Waals surface area contributed by atoms with Gasteiger partial charge in [0, 0.05) is 35.7 Å². The highest BCUT2D eigenvalue weighted by Crippen LogP contribution is 2.31. The van der Waals surface area contributed by atoms with Crippen LogP contribution in [0.5, 0.6) is 0 Å². The van der Waals surface area contributed by atoms with Crippen molar-refractivity contribution in [2.75, 3.05) is 4.90 Å². The van der Waals surface area contributed by atoms with E-state index in [4.69, 9.17) is 4.98 Å². The molecule has 0 atom stereocenters. The number of rotatable bonds is 3. The van der Waals surface area contributed by atoms with Crippen molar-refractivity contribution in [1.82, 2.24) is 15.0 Å². The number of aromatic nitrogens is 3. The van der Waals surface area contributed by atoms with Gasteiger partial charge in [-0.15, -0.1) is 0 Å². The zero-order valence-electron chi connectivity index (χ0n) is 14.0. The molecule has 1 N–H and O–H groups in total. The Labute approximate surface area is 141 Å². The molecule has 1 aliphatic heterocycles. The first-order chi connectivity index (χ1) is 11.7. The van der Waals surface area contributed by atoms with Gasteiger partial charge in [-0.2, -0.15) is 0 Å². The molecular formula is C19H20N4O. The normalized spacial score (nSPS) is 13.5. The summed E-state index contributed by atoms with van der Waals surface area (Å²) in [5.41, 5.74) is 5.19. The van der Waals surface area contributed by atoms with Gasteiger partial charge in [-0.1, -0.05) is 25.1 Å². The van der Waals surface area contributed by atoms with Crippen molar-refractivity contribution in [3.8, 4) is 0 Å². The van der Waals surface area contributed by atoms with E-state index in [1.54, 1.807) is 0 Å². The molecule has 2 aromatic heterocycles. The molecule has 4 rings (SSSR count). The first-order valence-electron chi connectivity index (χ1n) is 8.28. The molecule has 0 unspecified atom stereocenters. The summed E-state index contributed by atoms with van der Waals surface area (Å²) in [7, 11) is 0. The molecule has 0 fully saturated rings. The number of aliphatic hydroxyl groups excluding tert-OH is 1. The molecule has 0 aliphatic carbocycles. The number of hydrogen-bond acceptors (Lipinski definition) is 5. The van der Waals surface area contributed by atoms with Crippen LogP contribution in [0, 0.1) is 6.92 Å². The van der Waals surface area contributed by atoms with E-state index in [-0.39, 0.29) is 6.61 Å². The van der Waals surface area contributed by atoms with E-state index in [0.29, 0.717) is 6.54 Å². The highest BCUT2D eigenvalue weighted by molar-refractivity contribution is 5.84. The van der Waals surface area contributed by atoms with Crippen LogP contribution in [0.2, 0.25) is 0 Å². The Bertz CT molecular complexity index is 923. The van der Waals surface area contributed by atoms with Crippen LogP contribution >= 0.6 is 0 Å². The first kappa shape index (κ1) is 15.0. The van der Waals surface area contributed by atoms with Crippen LogP contribution < -0.4 is 4.90 Å². The maximum absolute atomic E-state index is 9.81. The monoisotopic (exact) mass is 320 g/mol. The van der Waals surface area contributed by atoms with Crippen molar-refractivity contribution in [1.29, 1.82) is 0 Å². The van der Waals surface area contributed by atoms with E-state index in [1.807, 2.05) is 24.4 Å². The molecule has 0 bridgehead atoms. The standard InChI is InChI=1S/C19H20N4O/c1-3-17-20-8-15-9-23(10-16(15)21-17)19-14(11-24)7-13-6-4-5-12(2)18(13)22-19/h4-8,24H,3,9-11H2,1-2H3. The largest absolute Gasteiger partial charge is 0.392 e. The molecule has 3 aromatic rings. The highest BCUT2D eigenvalue weighted by Gasteiger charge is 2.24. The molecule has 24 heavy (non-hydrogen) atoms. The van der Waals surface area contributed by atoms with Crippen LogP contribution in [-0.2, 0) is 26.1 Å². The van der Waals surface area contributed by atoms with Crippen LogP contribution in [0.15, 0.2) is 30.5 Å². The quantitative estimate of drug-likeness (QED) is 0.804. The van der Waals surface area contributed by atoms with Gasteiger partial charge in [0.15, 0.2) is 0 Å². The van der Waals surface area contributed by atoms with Crippen molar-refractivity contribution in [3.63, 3.8) is 0 Å². The molecule has 0 radical (unpaired) electrons. The summed E-state index contributed by atoms with van der Waals surface area (Å²) in [6.07, 6.45) is 2.76. The van der Waals surface area contributed by atoms with E-state index in [1.165, 1.54) is 0 Å². The average Bonchev–Trinajstić information content (AvgIpc) is 3.03. The van der Waals surface area contributed by atoms with Crippen LogP contribution in [-0.4, -0.2) is 20.1 Å². The number of para-hydroxylation sites is 1. The topological polar surface area (TPSA) is 62.1 Å². The molecule has 0 saturated carbocycles. The molecule has 1 aromatic carbocycles. The summed E-state index contributed by atoms with van der Waals surface area (Å²) in [6, 6.07) is 8.16. The Balaban J connectivity index is 1.78. The Morgan fingerprint density at radius 2 is 2.08 bits per heavy atom. The van der Waals surface area contributed by atoms with Crippen molar-refractivity contribution >= 4 is 16.7 Å². The Morgan fingerprint density at radius 1 is 1.21 bits per heavy atom. The Morgan fingerprint density at radius 3 is 2.88 bits per heavy atom. The van der Waals surface area contributed by atoms with Gasteiger partial charge in [0.1, 0.15) is 11.6 Å². The first-order valence-corrected chi connectivity index (χ1v) is 8.28. The fourth-order valence-corrected chi connectivity index (χ4v) is 3.29. The predicted octanol–water partition coefficient (Wildman–Crippen LogP) is 2.91. The third-order valence-electron chi connectivity index (χ3n) is 4.60. The number of anilines is 1. The summed E-state index contributed by atoms with van der Waals surface area (Å²) in [4.78, 5) is 16.1. The summed E-state index contributed by atoms with van der Waals surface area (Å²) < 4.78 is 0. The number of aliphatic hydroxyl groups is 1. The molecule has 5 nitrogen and oxygen atoms in total. The van der Waals surface area contributed by atoms with Crippen LogP contribution in [0.4, 0.5) is 5.82 Å².